The standard InChI is InChI=1S/C31H28F3N9O4/c1-2-22-26(40-13-15-41(16-14-40)28(46)25-23(44)6-4-12-36-25)29(47)43-30(38-27(39-43)19-5-3-11-35-17-19)42(22)18-24(45)37-21-9-7-20(8-10-21)31(32,33)34/h3-12,17,44H,2,13-16,18H2,1H3,(H,37,45). The number of anilines is 2. The van der Waals surface area contributed by atoms with E-state index < -0.39 is 29.1 Å². The van der Waals surface area contributed by atoms with E-state index in [9.17, 15) is 32.7 Å². The zero-order chi connectivity index (χ0) is 33.3. The van der Waals surface area contributed by atoms with E-state index in [1.54, 1.807) is 22.9 Å². The van der Waals surface area contributed by atoms with Crippen LogP contribution >= 0.6 is 0 Å². The molecule has 0 radical (unpaired) electrons. The molecule has 2 amide bonds. The molecule has 47 heavy (non-hydrogen) atoms. The molecule has 2 N–H and O–H groups in total. The molecule has 6 rings (SSSR count). The first-order valence-corrected chi connectivity index (χ1v) is 14.6. The van der Waals surface area contributed by atoms with Crippen molar-refractivity contribution in [2.24, 2.45) is 0 Å². The number of benzene rings is 1. The Morgan fingerprint density at radius 3 is 2.36 bits per heavy atom. The second-order valence-electron chi connectivity index (χ2n) is 10.7. The number of halogens is 3. The number of aromatic hydroxyl groups is 1. The Kier molecular flexibility index (Phi) is 8.32. The number of nitrogens with one attached hydrogen (secondary N) is 1. The zero-order valence-electron chi connectivity index (χ0n) is 25.0. The molecular formula is C31H28F3N9O4. The molecule has 0 atom stereocenters. The van der Waals surface area contributed by atoms with Crippen LogP contribution < -0.4 is 15.8 Å². The van der Waals surface area contributed by atoms with Crippen LogP contribution in [0.25, 0.3) is 17.2 Å². The lowest BCUT2D eigenvalue weighted by atomic mass is 10.2. The van der Waals surface area contributed by atoms with Crippen molar-refractivity contribution in [1.82, 2.24) is 34.0 Å². The molecule has 1 aromatic carbocycles. The van der Waals surface area contributed by atoms with Crippen molar-refractivity contribution < 1.29 is 27.9 Å². The van der Waals surface area contributed by atoms with Gasteiger partial charge in [0.15, 0.2) is 11.5 Å². The Morgan fingerprint density at radius 1 is 1.00 bits per heavy atom. The van der Waals surface area contributed by atoms with Crippen LogP contribution in [0.15, 0.2) is 71.9 Å². The number of amides is 2. The van der Waals surface area contributed by atoms with Crippen LogP contribution in [0, 0.1) is 0 Å². The molecule has 1 aliphatic rings. The second-order valence-corrected chi connectivity index (χ2v) is 10.7. The molecule has 0 bridgehead atoms. The molecule has 5 heterocycles. The molecule has 0 saturated carbocycles. The van der Waals surface area contributed by atoms with Crippen LogP contribution in [-0.2, 0) is 23.9 Å². The summed E-state index contributed by atoms with van der Waals surface area (Å²) in [7, 11) is 0. The average molecular weight is 648 g/mol. The first-order valence-electron chi connectivity index (χ1n) is 14.6. The highest BCUT2D eigenvalue weighted by molar-refractivity contribution is 5.95. The van der Waals surface area contributed by atoms with E-state index in [-0.39, 0.29) is 67.1 Å². The number of fused-ring (bicyclic) bond motifs is 1. The van der Waals surface area contributed by atoms with E-state index in [0.717, 1.165) is 28.8 Å². The second kappa shape index (κ2) is 12.5. The topological polar surface area (TPSA) is 151 Å². The van der Waals surface area contributed by atoms with Gasteiger partial charge in [0.2, 0.25) is 11.7 Å². The molecule has 0 spiro atoms. The fourth-order valence-corrected chi connectivity index (χ4v) is 5.48. The van der Waals surface area contributed by atoms with Gasteiger partial charge in [-0.2, -0.15) is 22.7 Å². The van der Waals surface area contributed by atoms with Crippen molar-refractivity contribution in [1.29, 1.82) is 0 Å². The average Bonchev–Trinajstić information content (AvgIpc) is 3.52. The highest BCUT2D eigenvalue weighted by Gasteiger charge is 2.31. The molecule has 5 aromatic rings. The summed E-state index contributed by atoms with van der Waals surface area (Å²) < 4.78 is 41.8. The highest BCUT2D eigenvalue weighted by atomic mass is 19.4. The van der Waals surface area contributed by atoms with Crippen LogP contribution in [0.3, 0.4) is 0 Å². The monoisotopic (exact) mass is 647 g/mol. The third-order valence-corrected chi connectivity index (χ3v) is 7.75. The van der Waals surface area contributed by atoms with E-state index in [4.69, 9.17) is 0 Å². The maximum atomic E-state index is 14.0. The number of rotatable bonds is 7. The minimum Gasteiger partial charge on any atom is -0.505 e. The summed E-state index contributed by atoms with van der Waals surface area (Å²) in [6.07, 6.45) is 0.328. The summed E-state index contributed by atoms with van der Waals surface area (Å²) in [5.74, 6) is -0.934. The van der Waals surface area contributed by atoms with Crippen molar-refractivity contribution in [2.75, 3.05) is 36.4 Å². The van der Waals surface area contributed by atoms with Crippen molar-refractivity contribution in [3.8, 4) is 17.1 Å². The first kappa shape index (κ1) is 31.2. The predicted octanol–water partition coefficient (Wildman–Crippen LogP) is 3.24. The van der Waals surface area contributed by atoms with E-state index >= 15 is 0 Å². The van der Waals surface area contributed by atoms with Crippen molar-refractivity contribution in [2.45, 2.75) is 26.1 Å². The van der Waals surface area contributed by atoms with Gasteiger partial charge in [0.1, 0.15) is 18.0 Å². The van der Waals surface area contributed by atoms with Gasteiger partial charge in [-0.1, -0.05) is 6.92 Å². The number of hydrogen-bond acceptors (Lipinski definition) is 9. The highest BCUT2D eigenvalue weighted by Crippen LogP contribution is 2.30. The van der Waals surface area contributed by atoms with Gasteiger partial charge >= 0.3 is 6.18 Å². The van der Waals surface area contributed by atoms with Crippen molar-refractivity contribution in [3.05, 3.63) is 94.4 Å². The van der Waals surface area contributed by atoms with E-state index in [2.05, 4.69) is 25.4 Å². The third kappa shape index (κ3) is 6.21. The lowest BCUT2D eigenvalue weighted by molar-refractivity contribution is -0.137. The number of pyridine rings is 2. The number of alkyl halides is 3. The van der Waals surface area contributed by atoms with Gasteiger partial charge in [0, 0.05) is 56.0 Å². The molecule has 1 saturated heterocycles. The van der Waals surface area contributed by atoms with Gasteiger partial charge < -0.3 is 24.8 Å². The van der Waals surface area contributed by atoms with E-state index in [0.29, 0.717) is 17.7 Å². The number of hydrogen-bond donors (Lipinski definition) is 2. The Balaban J connectivity index is 1.35. The number of nitrogens with zero attached hydrogens (tertiary/aromatic N) is 8. The minimum atomic E-state index is -4.52. The molecular weight excluding hydrogens is 619 g/mol. The largest absolute Gasteiger partial charge is 0.505 e. The fourth-order valence-electron chi connectivity index (χ4n) is 5.48. The molecule has 13 nitrogen and oxygen atoms in total. The van der Waals surface area contributed by atoms with Crippen LogP contribution in [0.5, 0.6) is 5.75 Å². The zero-order valence-corrected chi connectivity index (χ0v) is 25.0. The Morgan fingerprint density at radius 2 is 1.72 bits per heavy atom. The molecule has 0 unspecified atom stereocenters. The van der Waals surface area contributed by atoms with Crippen LogP contribution in [-0.4, -0.2) is 77.1 Å². The molecule has 16 heteroatoms. The Labute approximate surface area is 264 Å². The summed E-state index contributed by atoms with van der Waals surface area (Å²) in [6.45, 7) is 2.46. The van der Waals surface area contributed by atoms with Gasteiger partial charge in [0.05, 0.1) is 11.3 Å². The molecule has 242 valence electrons. The summed E-state index contributed by atoms with van der Waals surface area (Å²) in [5.41, 5.74) is 0.0803. The number of carbonyl (C=O) groups excluding carboxylic acids is 2. The smallest absolute Gasteiger partial charge is 0.416 e. The van der Waals surface area contributed by atoms with Gasteiger partial charge in [0.25, 0.3) is 11.5 Å². The molecule has 4 aromatic heterocycles. The van der Waals surface area contributed by atoms with Crippen LogP contribution in [0.4, 0.5) is 24.5 Å². The van der Waals surface area contributed by atoms with E-state index in [1.165, 1.54) is 29.4 Å². The molecule has 1 fully saturated rings. The number of piperazine rings is 1. The maximum absolute atomic E-state index is 14.0. The van der Waals surface area contributed by atoms with Gasteiger partial charge in [-0.25, -0.2) is 4.98 Å². The van der Waals surface area contributed by atoms with E-state index in [1.807, 2.05) is 11.8 Å². The van der Waals surface area contributed by atoms with Crippen LogP contribution in [0.1, 0.15) is 28.7 Å². The third-order valence-electron chi connectivity index (χ3n) is 7.75. The fraction of sp³-hybridized carbons (Fsp3) is 0.258. The lowest BCUT2D eigenvalue weighted by Crippen LogP contribution is -2.51. The number of aromatic nitrogens is 6. The Hall–Kier alpha value is -5.80. The van der Waals surface area contributed by atoms with Gasteiger partial charge in [-0.05, 0) is 55.0 Å². The summed E-state index contributed by atoms with van der Waals surface area (Å²) >= 11 is 0. The SMILES string of the molecule is CCc1c(N2CCN(C(=O)c3ncccc3O)CC2)c(=O)n2nc(-c3cccnc3)nc2n1CC(=O)Nc1ccc(C(F)(F)F)cc1. The first-order chi connectivity index (χ1) is 22.5. The lowest BCUT2D eigenvalue weighted by Gasteiger charge is -2.36. The molecule has 1 aliphatic heterocycles. The quantitative estimate of drug-likeness (QED) is 0.271. The predicted molar refractivity (Wildman–Crippen MR) is 164 cm³/mol. The normalized spacial score (nSPS) is 13.6. The molecule has 0 aliphatic carbocycles. The summed E-state index contributed by atoms with van der Waals surface area (Å²) in [6, 6.07) is 10.4. The summed E-state index contributed by atoms with van der Waals surface area (Å²) in [5, 5.41) is 17.2. The maximum Gasteiger partial charge on any atom is 0.416 e. The minimum absolute atomic E-state index is 0.0661. The summed E-state index contributed by atoms with van der Waals surface area (Å²) in [4.78, 5) is 56.5. The van der Waals surface area contributed by atoms with Crippen molar-refractivity contribution in [3.63, 3.8) is 0 Å². The van der Waals surface area contributed by atoms with Crippen molar-refractivity contribution >= 4 is 29.0 Å². The van der Waals surface area contributed by atoms with Crippen LogP contribution in [0.2, 0.25) is 0 Å². The van der Waals surface area contributed by atoms with Gasteiger partial charge in [-0.3, -0.25) is 19.4 Å². The van der Waals surface area contributed by atoms with Gasteiger partial charge in [-0.15, -0.1) is 5.10 Å². The number of carbonyl (C=O) groups is 2. The Bertz CT molecular complexity index is 2000.